The average molecular weight is 561 g/mol. The molecule has 6 N–H and O–H groups in total. The zero-order valence-corrected chi connectivity index (χ0v) is 24.2. The van der Waals surface area contributed by atoms with Gasteiger partial charge in [0.2, 0.25) is 23.5 Å². The zero-order valence-electron chi connectivity index (χ0n) is 24.2. The number of rotatable bonds is 12. The molecule has 0 bridgehead atoms. The number of nitrogens with two attached hydrogens (primary N) is 1. The Morgan fingerprint density at radius 2 is 1.73 bits per heavy atom. The average Bonchev–Trinajstić information content (AvgIpc) is 3.15. The summed E-state index contributed by atoms with van der Waals surface area (Å²) < 4.78 is 0. The van der Waals surface area contributed by atoms with E-state index in [1.54, 1.807) is 20.8 Å². The summed E-state index contributed by atoms with van der Waals surface area (Å²) in [7, 11) is 0. The molecule has 222 valence electrons. The quantitative estimate of drug-likeness (QED) is 0.170. The number of Topliss-reactive ketones (excluding diaryl/α,β-unsaturated/α-hetero) is 1. The van der Waals surface area contributed by atoms with E-state index in [0.29, 0.717) is 13.0 Å². The number of piperidine rings is 1. The predicted molar refractivity (Wildman–Crippen MR) is 147 cm³/mol. The fourth-order valence-corrected chi connectivity index (χ4v) is 5.94. The van der Waals surface area contributed by atoms with Gasteiger partial charge in [0.15, 0.2) is 0 Å². The molecule has 1 saturated heterocycles. The van der Waals surface area contributed by atoms with Crippen molar-refractivity contribution in [3.05, 3.63) is 12.7 Å². The van der Waals surface area contributed by atoms with E-state index in [2.05, 4.69) is 27.8 Å². The Kier molecular flexibility index (Phi) is 9.31. The van der Waals surface area contributed by atoms with E-state index in [1.165, 1.54) is 4.90 Å². The van der Waals surface area contributed by atoms with Gasteiger partial charge in [0, 0.05) is 18.6 Å². The molecule has 0 spiro atoms. The van der Waals surface area contributed by atoms with Crippen molar-refractivity contribution in [1.29, 1.82) is 0 Å². The highest BCUT2D eigenvalue weighted by Crippen LogP contribution is 2.65. The summed E-state index contributed by atoms with van der Waals surface area (Å²) in [5.74, 6) is -3.20. The lowest BCUT2D eigenvalue weighted by molar-refractivity contribution is -0.143. The number of urea groups is 1. The normalized spacial score (nSPS) is 24.4. The minimum Gasteiger partial charge on any atom is -0.363 e. The summed E-state index contributed by atoms with van der Waals surface area (Å²) in [4.78, 5) is 77.7. The second kappa shape index (κ2) is 12.0. The van der Waals surface area contributed by atoms with Crippen LogP contribution in [0.2, 0.25) is 0 Å². The van der Waals surface area contributed by atoms with Crippen molar-refractivity contribution in [3.8, 4) is 0 Å². The van der Waals surface area contributed by atoms with Gasteiger partial charge in [0.1, 0.15) is 12.1 Å². The highest BCUT2D eigenvalue weighted by molar-refractivity contribution is 6.37. The first-order valence-electron chi connectivity index (χ1n) is 14.0. The van der Waals surface area contributed by atoms with Crippen molar-refractivity contribution < 1.29 is 28.8 Å². The minimum absolute atomic E-state index is 0.0636. The Morgan fingerprint density at radius 1 is 1.07 bits per heavy atom. The number of amides is 6. The monoisotopic (exact) mass is 560 g/mol. The van der Waals surface area contributed by atoms with Gasteiger partial charge in [-0.3, -0.25) is 24.0 Å². The molecule has 2 saturated carbocycles. The van der Waals surface area contributed by atoms with Crippen LogP contribution >= 0.6 is 0 Å². The van der Waals surface area contributed by atoms with Crippen molar-refractivity contribution in [2.24, 2.45) is 28.9 Å². The number of hydrogen-bond acceptors (Lipinski definition) is 6. The minimum atomic E-state index is -1.11. The summed E-state index contributed by atoms with van der Waals surface area (Å²) in [6.45, 7) is 13.3. The molecule has 6 amide bonds. The number of fused-ring (bicyclic) bond motifs is 1. The number of likely N-dealkylation sites (tertiary alicyclic amines) is 1. The van der Waals surface area contributed by atoms with Gasteiger partial charge < -0.3 is 31.9 Å². The lowest BCUT2D eigenvalue weighted by Gasteiger charge is -2.35. The Balaban J connectivity index is 1.81. The Hall–Kier alpha value is -3.44. The maximum Gasteiger partial charge on any atom is 0.315 e. The van der Waals surface area contributed by atoms with Crippen molar-refractivity contribution in [2.75, 3.05) is 13.1 Å². The van der Waals surface area contributed by atoms with Crippen LogP contribution in [0.5, 0.6) is 0 Å². The van der Waals surface area contributed by atoms with Gasteiger partial charge in [-0.15, -0.1) is 0 Å². The third kappa shape index (κ3) is 7.19. The number of nitrogens with one attached hydrogen (secondary N) is 4. The van der Waals surface area contributed by atoms with E-state index in [-0.39, 0.29) is 36.1 Å². The molecule has 3 rings (SSSR count). The highest BCUT2D eigenvalue weighted by Gasteiger charge is 2.69. The second-order valence-electron chi connectivity index (χ2n) is 12.9. The number of carbonyl (C=O) groups excluding carboxylic acids is 6. The number of carbonyl (C=O) groups is 6. The first kappa shape index (κ1) is 31.1. The topological polar surface area (TPSA) is 180 Å². The summed E-state index contributed by atoms with van der Waals surface area (Å²) in [5.41, 5.74) is 4.53. The van der Waals surface area contributed by atoms with Crippen LogP contribution < -0.4 is 27.0 Å². The zero-order chi connectivity index (χ0) is 30.0. The molecule has 3 fully saturated rings. The van der Waals surface area contributed by atoms with E-state index >= 15 is 0 Å². The molecule has 2 aliphatic carbocycles. The van der Waals surface area contributed by atoms with Crippen molar-refractivity contribution in [1.82, 2.24) is 26.2 Å². The molecule has 0 radical (unpaired) electrons. The van der Waals surface area contributed by atoms with Gasteiger partial charge in [0.25, 0.3) is 5.91 Å². The first-order valence-corrected chi connectivity index (χ1v) is 14.0. The van der Waals surface area contributed by atoms with Crippen LogP contribution in [0.25, 0.3) is 0 Å². The van der Waals surface area contributed by atoms with Crippen LogP contribution in [0.4, 0.5) is 4.79 Å². The third-order valence-corrected chi connectivity index (χ3v) is 8.44. The van der Waals surface area contributed by atoms with Gasteiger partial charge in [-0.1, -0.05) is 39.7 Å². The van der Waals surface area contributed by atoms with Crippen LogP contribution in [0, 0.1) is 23.2 Å². The second-order valence-corrected chi connectivity index (χ2v) is 12.9. The maximum absolute atomic E-state index is 13.9. The number of nitrogens with zero attached hydrogens (tertiary/aromatic N) is 1. The number of hydrogen-bond donors (Lipinski definition) is 5. The Morgan fingerprint density at radius 3 is 2.25 bits per heavy atom. The van der Waals surface area contributed by atoms with Crippen molar-refractivity contribution in [2.45, 2.75) is 90.4 Å². The fraction of sp³-hybridized carbons (Fsp3) is 0.714. The molecule has 0 aromatic rings. The van der Waals surface area contributed by atoms with Crippen molar-refractivity contribution in [3.63, 3.8) is 0 Å². The number of ketones is 1. The molecule has 12 heteroatoms. The molecular weight excluding hydrogens is 516 g/mol. The molecule has 40 heavy (non-hydrogen) atoms. The number of primary amides is 1. The van der Waals surface area contributed by atoms with Crippen LogP contribution in [-0.4, -0.2) is 77.1 Å². The molecule has 1 heterocycles. The van der Waals surface area contributed by atoms with Gasteiger partial charge >= 0.3 is 6.03 Å². The van der Waals surface area contributed by atoms with Gasteiger partial charge in [-0.2, -0.15) is 0 Å². The maximum atomic E-state index is 13.9. The van der Waals surface area contributed by atoms with Gasteiger partial charge in [-0.25, -0.2) is 4.79 Å². The summed E-state index contributed by atoms with van der Waals surface area (Å²) in [6, 6.07) is -3.51. The third-order valence-electron chi connectivity index (χ3n) is 8.44. The molecule has 0 aromatic carbocycles. The highest BCUT2D eigenvalue weighted by atomic mass is 16.2. The van der Waals surface area contributed by atoms with Crippen LogP contribution in [-0.2, 0) is 24.0 Å². The lowest BCUT2D eigenvalue weighted by Crippen LogP contribution is -2.60. The molecular formula is C28H44N6O6. The summed E-state index contributed by atoms with van der Waals surface area (Å²) in [6.07, 6.45) is 4.38. The summed E-state index contributed by atoms with van der Waals surface area (Å²) >= 11 is 0. The summed E-state index contributed by atoms with van der Waals surface area (Å²) in [5, 5.41) is 10.8. The Labute approximate surface area is 235 Å². The lowest BCUT2D eigenvalue weighted by atomic mass is 9.80. The predicted octanol–water partition coefficient (Wildman–Crippen LogP) is 0.357. The standard InChI is InChI=1S/C28H44N6O6/c1-7-19(35)30-12-11-17(32-26(40)33-27(2,3)4)25(39)34-14-16-20(28(16,5)6)21(34)24(38)31-18(22(36)23(29)37)13-15-9-8-10-15/h7,15-18,20-21H,1,8-14H2,2-6H3,(H2,29,37)(H,30,35)(H,31,38)(H2,32,33,40)/t16-,17-,18?,20-,21-/m0/s1. The Bertz CT molecular complexity index is 1060. The molecule has 1 unspecified atom stereocenters. The molecule has 5 atom stereocenters. The van der Waals surface area contributed by atoms with Crippen LogP contribution in [0.1, 0.15) is 66.7 Å². The smallest absolute Gasteiger partial charge is 0.315 e. The van der Waals surface area contributed by atoms with Gasteiger partial charge in [0.05, 0.1) is 6.04 Å². The molecule has 0 aromatic heterocycles. The van der Waals surface area contributed by atoms with Crippen molar-refractivity contribution >= 4 is 35.4 Å². The van der Waals surface area contributed by atoms with E-state index in [9.17, 15) is 28.8 Å². The SMILES string of the molecule is C=CC(=O)NCC[C@H](NC(=O)NC(C)(C)C)C(=O)N1C[C@H]2[C@@H]([C@H]1C(=O)NC(CC1CCC1)C(=O)C(N)=O)C2(C)C. The molecule has 1 aliphatic heterocycles. The first-order chi connectivity index (χ1) is 18.6. The molecule has 3 aliphatic rings. The van der Waals surface area contributed by atoms with E-state index < -0.39 is 59.1 Å². The van der Waals surface area contributed by atoms with E-state index in [4.69, 9.17) is 5.73 Å². The van der Waals surface area contributed by atoms with E-state index in [1.807, 2.05) is 13.8 Å². The fourth-order valence-electron chi connectivity index (χ4n) is 5.94. The van der Waals surface area contributed by atoms with E-state index in [0.717, 1.165) is 25.3 Å². The van der Waals surface area contributed by atoms with Crippen LogP contribution in [0.15, 0.2) is 12.7 Å². The van der Waals surface area contributed by atoms with Gasteiger partial charge in [-0.05, 0) is 62.9 Å². The largest absolute Gasteiger partial charge is 0.363 e. The van der Waals surface area contributed by atoms with Crippen LogP contribution in [0.3, 0.4) is 0 Å². The molecule has 12 nitrogen and oxygen atoms in total.